The molecule has 1 fully saturated rings. The van der Waals surface area contributed by atoms with E-state index >= 15 is 0 Å². The number of Topliss-reactive ketones (excluding diaryl/α,β-unsaturated/α-hetero) is 1. The molecule has 0 unspecified atom stereocenters. The number of nitrogens with one attached hydrogen (secondary N) is 4. The van der Waals surface area contributed by atoms with Gasteiger partial charge in [0.05, 0.1) is 22.2 Å². The molecule has 1 aromatic heterocycles. The van der Waals surface area contributed by atoms with Crippen LogP contribution >= 0.6 is 11.6 Å². The molecule has 4 amide bonds. The van der Waals surface area contributed by atoms with E-state index in [1.54, 1.807) is 5.32 Å². The first kappa shape index (κ1) is 31.3. The standard InChI is InChI=1S/C24H20ClF6N5O5/c1-32-22(41)17(37)15(6-11-7-16(24(29,30)31)35-20(11)39)34-21(40)14-8-13(25)9-33-18(14)36-19(38)10-3-2-4-12(5-10)23(26,27)28/h2-5,8-9,11,15-16H,6-7H2,1H3,(H,32,41)(H,34,40)(H,35,39)(H,33,36,38)/t11-,15+,16+/m1/s1. The van der Waals surface area contributed by atoms with Crippen molar-refractivity contribution < 1.29 is 50.3 Å². The quantitative estimate of drug-likeness (QED) is 0.268. The summed E-state index contributed by atoms with van der Waals surface area (Å²) in [6.07, 6.45) is -9.97. The van der Waals surface area contributed by atoms with Gasteiger partial charge in [0.25, 0.3) is 17.7 Å². The molecule has 17 heteroatoms. The van der Waals surface area contributed by atoms with Crippen LogP contribution in [-0.2, 0) is 20.6 Å². The fraction of sp³-hybridized carbons (Fsp3) is 0.333. The smallest absolute Gasteiger partial charge is 0.353 e. The largest absolute Gasteiger partial charge is 0.416 e. The Morgan fingerprint density at radius 1 is 1.10 bits per heavy atom. The number of benzene rings is 1. The van der Waals surface area contributed by atoms with Gasteiger partial charge in [-0.2, -0.15) is 26.3 Å². The number of hydrogen-bond acceptors (Lipinski definition) is 6. The first-order chi connectivity index (χ1) is 19.0. The molecule has 2 heterocycles. The summed E-state index contributed by atoms with van der Waals surface area (Å²) in [5, 5.41) is 7.93. The molecule has 1 aliphatic rings. The molecule has 3 rings (SSSR count). The Morgan fingerprint density at radius 3 is 2.37 bits per heavy atom. The summed E-state index contributed by atoms with van der Waals surface area (Å²) in [5.41, 5.74) is -2.06. The van der Waals surface area contributed by atoms with E-state index in [9.17, 15) is 50.3 Å². The Kier molecular flexibility index (Phi) is 9.26. The van der Waals surface area contributed by atoms with Gasteiger partial charge in [0, 0.05) is 24.7 Å². The van der Waals surface area contributed by atoms with Crippen LogP contribution in [0.3, 0.4) is 0 Å². The van der Waals surface area contributed by atoms with Gasteiger partial charge in [0.2, 0.25) is 11.7 Å². The maximum absolute atomic E-state index is 13.2. The van der Waals surface area contributed by atoms with E-state index in [2.05, 4.69) is 15.6 Å². The Hall–Kier alpha value is -4.21. The molecule has 220 valence electrons. The average molecular weight is 608 g/mol. The molecular weight excluding hydrogens is 588 g/mol. The van der Waals surface area contributed by atoms with E-state index in [0.717, 1.165) is 37.5 Å². The van der Waals surface area contributed by atoms with Crippen molar-refractivity contribution in [2.24, 2.45) is 5.92 Å². The van der Waals surface area contributed by atoms with Crippen LogP contribution < -0.4 is 21.3 Å². The van der Waals surface area contributed by atoms with E-state index < -0.39 is 95.1 Å². The lowest BCUT2D eigenvalue weighted by Crippen LogP contribution is -2.48. The molecule has 1 aromatic carbocycles. The van der Waals surface area contributed by atoms with E-state index in [-0.39, 0.29) is 5.02 Å². The number of carbonyl (C=O) groups is 5. The van der Waals surface area contributed by atoms with Crippen molar-refractivity contribution in [2.75, 3.05) is 12.4 Å². The Balaban J connectivity index is 1.87. The Labute approximate surface area is 232 Å². The summed E-state index contributed by atoms with van der Waals surface area (Å²) >= 11 is 5.90. The number of carbonyl (C=O) groups excluding carboxylic acids is 5. The predicted octanol–water partition coefficient (Wildman–Crippen LogP) is 2.88. The fourth-order valence-electron chi connectivity index (χ4n) is 3.92. The average Bonchev–Trinajstić information content (AvgIpc) is 3.28. The first-order valence-corrected chi connectivity index (χ1v) is 12.0. The topological polar surface area (TPSA) is 146 Å². The van der Waals surface area contributed by atoms with Gasteiger partial charge < -0.3 is 21.3 Å². The lowest BCUT2D eigenvalue weighted by Gasteiger charge is -2.20. The van der Waals surface area contributed by atoms with E-state index in [0.29, 0.717) is 6.07 Å². The van der Waals surface area contributed by atoms with E-state index in [4.69, 9.17) is 11.6 Å². The highest BCUT2D eigenvalue weighted by Crippen LogP contribution is 2.32. The third-order valence-electron chi connectivity index (χ3n) is 5.98. The molecule has 1 saturated heterocycles. The lowest BCUT2D eigenvalue weighted by atomic mass is 9.93. The SMILES string of the molecule is CNC(=O)C(=O)[C@H](C[C@@H]1C[C@@H](C(F)(F)F)NC1=O)NC(=O)c1cc(Cl)cnc1NC(=O)c1cccc(C(F)(F)F)c1. The van der Waals surface area contributed by atoms with Crippen LogP contribution in [0.2, 0.25) is 5.02 Å². The number of halogens is 7. The molecule has 2 aromatic rings. The molecule has 10 nitrogen and oxygen atoms in total. The van der Waals surface area contributed by atoms with Crippen LogP contribution in [0.15, 0.2) is 36.5 Å². The summed E-state index contributed by atoms with van der Waals surface area (Å²) in [7, 11) is 1.09. The van der Waals surface area contributed by atoms with Crippen LogP contribution in [0, 0.1) is 5.92 Å². The normalized spacial score (nSPS) is 17.8. The minimum absolute atomic E-state index is 0.149. The second kappa shape index (κ2) is 12.1. The highest BCUT2D eigenvalue weighted by molar-refractivity contribution is 6.38. The van der Waals surface area contributed by atoms with Crippen LogP contribution in [0.5, 0.6) is 0 Å². The zero-order valence-corrected chi connectivity index (χ0v) is 21.5. The number of hydrogen-bond donors (Lipinski definition) is 4. The van der Waals surface area contributed by atoms with Gasteiger partial charge in [0.15, 0.2) is 0 Å². The van der Waals surface area contributed by atoms with Gasteiger partial charge in [-0.1, -0.05) is 17.7 Å². The van der Waals surface area contributed by atoms with Gasteiger partial charge in [-0.3, -0.25) is 24.0 Å². The number of aromatic nitrogens is 1. The Morgan fingerprint density at radius 2 is 1.78 bits per heavy atom. The monoisotopic (exact) mass is 607 g/mol. The molecular formula is C24H20ClF6N5O5. The van der Waals surface area contributed by atoms with Crippen molar-refractivity contribution in [3.63, 3.8) is 0 Å². The van der Waals surface area contributed by atoms with Crippen molar-refractivity contribution in [1.82, 2.24) is 20.9 Å². The minimum atomic E-state index is -4.77. The summed E-state index contributed by atoms with van der Waals surface area (Å²) < 4.78 is 78.4. The molecule has 1 aliphatic heterocycles. The molecule has 0 spiro atoms. The molecule has 0 radical (unpaired) electrons. The molecule has 3 atom stereocenters. The highest BCUT2D eigenvalue weighted by atomic mass is 35.5. The highest BCUT2D eigenvalue weighted by Gasteiger charge is 2.48. The number of pyridine rings is 1. The van der Waals surface area contributed by atoms with Crippen molar-refractivity contribution >= 4 is 46.8 Å². The third kappa shape index (κ3) is 7.71. The van der Waals surface area contributed by atoms with Crippen LogP contribution in [-0.4, -0.2) is 59.7 Å². The zero-order valence-electron chi connectivity index (χ0n) is 20.7. The van der Waals surface area contributed by atoms with Crippen molar-refractivity contribution in [1.29, 1.82) is 0 Å². The maximum atomic E-state index is 13.2. The number of ketones is 1. The molecule has 4 N–H and O–H groups in total. The number of rotatable bonds is 8. The minimum Gasteiger partial charge on any atom is -0.353 e. The van der Waals surface area contributed by atoms with E-state index in [1.807, 2.05) is 5.32 Å². The maximum Gasteiger partial charge on any atom is 0.416 e. The number of alkyl halides is 6. The molecule has 41 heavy (non-hydrogen) atoms. The zero-order chi connectivity index (χ0) is 30.7. The Bertz CT molecular complexity index is 1380. The summed E-state index contributed by atoms with van der Waals surface area (Å²) in [6, 6.07) is 0.342. The predicted molar refractivity (Wildman–Crippen MR) is 130 cm³/mol. The fourth-order valence-corrected chi connectivity index (χ4v) is 4.08. The van der Waals surface area contributed by atoms with Gasteiger partial charge >= 0.3 is 12.4 Å². The van der Waals surface area contributed by atoms with Gasteiger partial charge in [-0.15, -0.1) is 0 Å². The number of likely N-dealkylation sites (N-methyl/N-ethyl adjacent to an activating group) is 1. The first-order valence-electron chi connectivity index (χ1n) is 11.6. The van der Waals surface area contributed by atoms with Crippen molar-refractivity contribution in [3.8, 4) is 0 Å². The van der Waals surface area contributed by atoms with Crippen LogP contribution in [0.25, 0.3) is 0 Å². The summed E-state index contributed by atoms with van der Waals surface area (Å²) in [6.45, 7) is 0. The number of amides is 4. The van der Waals surface area contributed by atoms with E-state index in [1.165, 1.54) is 0 Å². The van der Waals surface area contributed by atoms with Crippen molar-refractivity contribution in [3.05, 3.63) is 58.2 Å². The molecule has 0 bridgehead atoms. The molecule has 0 saturated carbocycles. The van der Waals surface area contributed by atoms with Crippen LogP contribution in [0.4, 0.5) is 32.2 Å². The van der Waals surface area contributed by atoms with Gasteiger partial charge in [0.1, 0.15) is 11.9 Å². The second-order valence-electron chi connectivity index (χ2n) is 8.82. The molecule has 0 aliphatic carbocycles. The summed E-state index contributed by atoms with van der Waals surface area (Å²) in [4.78, 5) is 66.4. The number of anilines is 1. The van der Waals surface area contributed by atoms with Gasteiger partial charge in [-0.05, 0) is 37.1 Å². The van der Waals surface area contributed by atoms with Gasteiger partial charge in [-0.25, -0.2) is 4.98 Å². The lowest BCUT2D eigenvalue weighted by molar-refractivity contribution is -0.155. The van der Waals surface area contributed by atoms with Crippen LogP contribution in [0.1, 0.15) is 39.1 Å². The van der Waals surface area contributed by atoms with Crippen molar-refractivity contribution in [2.45, 2.75) is 37.3 Å². The third-order valence-corrected chi connectivity index (χ3v) is 6.19. The summed E-state index contributed by atoms with van der Waals surface area (Å²) in [5.74, 6) is -7.74. The number of nitrogens with zero attached hydrogens (tertiary/aromatic N) is 1. The second-order valence-corrected chi connectivity index (χ2v) is 9.26.